The first-order valence-electron chi connectivity index (χ1n) is 26.9. The molecule has 0 fully saturated rings. The molecule has 0 aliphatic carbocycles. The fourth-order valence-electron chi connectivity index (χ4n) is 7.39. The average Bonchev–Trinajstić information content (AvgIpc) is 3.29. The Labute approximate surface area is 395 Å². The lowest BCUT2D eigenvalue weighted by Gasteiger charge is -2.18. The molecule has 0 spiro atoms. The largest absolute Gasteiger partial charge is 0.462 e. The van der Waals surface area contributed by atoms with Gasteiger partial charge in [-0.25, -0.2) is 0 Å². The molecule has 0 radical (unpaired) electrons. The Morgan fingerprint density at radius 1 is 0.328 bits per heavy atom. The molecule has 1 atom stereocenters. The highest BCUT2D eigenvalue weighted by molar-refractivity contribution is 5.71. The SMILES string of the molecule is CC/C=C\C/C=C\C/C=C\C/C=C\CCCCCCCCCCCCCCC(=O)OCC(COC(=O)CCCCCCCCC)OC(=O)CCCCCCC/C=C\C/C=C\CCCC. The third-order valence-electron chi connectivity index (χ3n) is 11.4. The number of carbonyl (C=O) groups is 3. The molecule has 0 rings (SSSR count). The monoisotopic (exact) mass is 893 g/mol. The number of hydrogen-bond acceptors (Lipinski definition) is 6. The van der Waals surface area contributed by atoms with E-state index in [2.05, 4.69) is 93.7 Å². The topological polar surface area (TPSA) is 78.9 Å². The highest BCUT2D eigenvalue weighted by Crippen LogP contribution is 2.15. The van der Waals surface area contributed by atoms with Crippen molar-refractivity contribution in [2.24, 2.45) is 0 Å². The van der Waals surface area contributed by atoms with Crippen molar-refractivity contribution < 1.29 is 28.6 Å². The summed E-state index contributed by atoms with van der Waals surface area (Å²) in [6, 6.07) is 0. The van der Waals surface area contributed by atoms with Gasteiger partial charge < -0.3 is 14.2 Å². The van der Waals surface area contributed by atoms with Gasteiger partial charge in [0.2, 0.25) is 0 Å². The van der Waals surface area contributed by atoms with Gasteiger partial charge in [0.1, 0.15) is 13.2 Å². The molecule has 6 nitrogen and oxygen atoms in total. The van der Waals surface area contributed by atoms with Crippen molar-refractivity contribution >= 4 is 17.9 Å². The molecular formula is C58H100O6. The predicted molar refractivity (Wildman–Crippen MR) is 274 cm³/mol. The fraction of sp³-hybridized carbons (Fsp3) is 0.741. The molecule has 0 saturated heterocycles. The van der Waals surface area contributed by atoms with Crippen LogP contribution in [-0.4, -0.2) is 37.2 Å². The summed E-state index contributed by atoms with van der Waals surface area (Å²) in [5.74, 6) is -0.900. The second-order valence-electron chi connectivity index (χ2n) is 17.8. The summed E-state index contributed by atoms with van der Waals surface area (Å²) < 4.78 is 16.7. The van der Waals surface area contributed by atoms with E-state index < -0.39 is 6.10 Å². The zero-order valence-corrected chi connectivity index (χ0v) is 42.0. The molecule has 368 valence electrons. The van der Waals surface area contributed by atoms with Crippen molar-refractivity contribution in [2.45, 2.75) is 264 Å². The predicted octanol–water partition coefficient (Wildman–Crippen LogP) is 17.8. The normalized spacial score (nSPS) is 12.6. The first-order valence-corrected chi connectivity index (χ1v) is 26.9. The smallest absolute Gasteiger partial charge is 0.306 e. The van der Waals surface area contributed by atoms with Gasteiger partial charge in [-0.05, 0) is 83.5 Å². The molecule has 0 aromatic rings. The van der Waals surface area contributed by atoms with Crippen molar-refractivity contribution in [1.82, 2.24) is 0 Å². The van der Waals surface area contributed by atoms with Gasteiger partial charge in [-0.15, -0.1) is 0 Å². The van der Waals surface area contributed by atoms with E-state index in [1.807, 2.05) is 0 Å². The van der Waals surface area contributed by atoms with Gasteiger partial charge in [-0.3, -0.25) is 14.4 Å². The number of carbonyl (C=O) groups excluding carboxylic acids is 3. The van der Waals surface area contributed by atoms with Crippen LogP contribution in [0.2, 0.25) is 0 Å². The molecule has 0 N–H and O–H groups in total. The van der Waals surface area contributed by atoms with Crippen molar-refractivity contribution in [3.63, 3.8) is 0 Å². The van der Waals surface area contributed by atoms with E-state index in [9.17, 15) is 14.4 Å². The average molecular weight is 893 g/mol. The Kier molecular flexibility index (Phi) is 49.9. The summed E-state index contributed by atoms with van der Waals surface area (Å²) in [6.07, 6.45) is 66.2. The standard InChI is InChI=1S/C58H100O6/c1-4-7-10-13-16-18-20-22-24-25-26-27-28-29-30-31-32-33-34-36-37-39-42-45-48-51-57(60)63-54-55(53-62-56(59)50-47-44-41-15-12-9-6-3)64-58(61)52-49-46-43-40-38-35-23-21-19-17-14-11-8-5-2/h7,10,14,16-18,21-24,26-27,55H,4-6,8-9,11-13,15,19-20,25,28-54H2,1-3H3/b10-7-,17-14-,18-16-,23-21-,24-22-,27-26-. The van der Waals surface area contributed by atoms with E-state index >= 15 is 0 Å². The van der Waals surface area contributed by atoms with Crippen molar-refractivity contribution in [3.8, 4) is 0 Å². The van der Waals surface area contributed by atoms with Gasteiger partial charge >= 0.3 is 17.9 Å². The molecule has 0 bridgehead atoms. The lowest BCUT2D eigenvalue weighted by Crippen LogP contribution is -2.30. The Balaban J connectivity index is 4.16. The van der Waals surface area contributed by atoms with Crippen LogP contribution in [-0.2, 0) is 28.6 Å². The zero-order valence-electron chi connectivity index (χ0n) is 42.0. The Hall–Kier alpha value is -3.15. The van der Waals surface area contributed by atoms with Gasteiger partial charge in [-0.1, -0.05) is 229 Å². The molecule has 1 unspecified atom stereocenters. The Bertz CT molecular complexity index is 1210. The van der Waals surface area contributed by atoms with Crippen LogP contribution in [0.25, 0.3) is 0 Å². The number of rotatable bonds is 48. The molecule has 6 heteroatoms. The van der Waals surface area contributed by atoms with Crippen LogP contribution >= 0.6 is 0 Å². The fourth-order valence-corrected chi connectivity index (χ4v) is 7.39. The first kappa shape index (κ1) is 60.9. The van der Waals surface area contributed by atoms with Crippen LogP contribution in [0, 0.1) is 0 Å². The first-order chi connectivity index (χ1) is 31.5. The number of hydrogen-bond donors (Lipinski definition) is 0. The minimum Gasteiger partial charge on any atom is -0.462 e. The lowest BCUT2D eigenvalue weighted by atomic mass is 10.0. The molecule has 0 aromatic carbocycles. The summed E-state index contributed by atoms with van der Waals surface area (Å²) in [5.41, 5.74) is 0. The van der Waals surface area contributed by atoms with Crippen molar-refractivity contribution in [1.29, 1.82) is 0 Å². The zero-order chi connectivity index (χ0) is 46.5. The van der Waals surface area contributed by atoms with Gasteiger partial charge in [0.15, 0.2) is 6.10 Å². The molecule has 0 aromatic heterocycles. The van der Waals surface area contributed by atoms with Gasteiger partial charge in [0.25, 0.3) is 0 Å². The molecule has 0 aliphatic rings. The maximum absolute atomic E-state index is 12.8. The van der Waals surface area contributed by atoms with Crippen LogP contribution in [0.15, 0.2) is 72.9 Å². The maximum Gasteiger partial charge on any atom is 0.306 e. The third-order valence-corrected chi connectivity index (χ3v) is 11.4. The second-order valence-corrected chi connectivity index (χ2v) is 17.8. The van der Waals surface area contributed by atoms with Crippen LogP contribution in [0.3, 0.4) is 0 Å². The summed E-state index contributed by atoms with van der Waals surface area (Å²) in [6.45, 7) is 6.43. The van der Waals surface area contributed by atoms with Crippen LogP contribution < -0.4 is 0 Å². The highest BCUT2D eigenvalue weighted by Gasteiger charge is 2.19. The van der Waals surface area contributed by atoms with E-state index in [-0.39, 0.29) is 31.1 Å². The van der Waals surface area contributed by atoms with Crippen molar-refractivity contribution in [3.05, 3.63) is 72.9 Å². The summed E-state index contributed by atoms with van der Waals surface area (Å²) in [4.78, 5) is 37.8. The molecule has 0 heterocycles. The maximum atomic E-state index is 12.8. The molecule has 0 aliphatic heterocycles. The van der Waals surface area contributed by atoms with Gasteiger partial charge in [-0.2, -0.15) is 0 Å². The molecule has 0 amide bonds. The summed E-state index contributed by atoms with van der Waals surface area (Å²) in [7, 11) is 0. The minimum atomic E-state index is -0.779. The number of allylic oxidation sites excluding steroid dienone is 12. The minimum absolute atomic E-state index is 0.0803. The number of ether oxygens (including phenoxy) is 3. The number of unbranched alkanes of at least 4 members (excludes halogenated alkanes) is 25. The van der Waals surface area contributed by atoms with Crippen LogP contribution in [0.5, 0.6) is 0 Å². The van der Waals surface area contributed by atoms with Crippen LogP contribution in [0.4, 0.5) is 0 Å². The molecule has 0 saturated carbocycles. The van der Waals surface area contributed by atoms with Gasteiger partial charge in [0.05, 0.1) is 0 Å². The van der Waals surface area contributed by atoms with E-state index in [4.69, 9.17) is 14.2 Å². The molecular weight excluding hydrogens is 793 g/mol. The lowest BCUT2D eigenvalue weighted by molar-refractivity contribution is -0.167. The highest BCUT2D eigenvalue weighted by atomic mass is 16.6. The van der Waals surface area contributed by atoms with Gasteiger partial charge in [0, 0.05) is 19.3 Å². The van der Waals surface area contributed by atoms with Crippen molar-refractivity contribution in [2.75, 3.05) is 13.2 Å². The van der Waals surface area contributed by atoms with Crippen LogP contribution in [0.1, 0.15) is 258 Å². The Morgan fingerprint density at radius 2 is 0.625 bits per heavy atom. The van der Waals surface area contributed by atoms with E-state index in [1.54, 1.807) is 0 Å². The summed E-state index contributed by atoms with van der Waals surface area (Å²) >= 11 is 0. The Morgan fingerprint density at radius 3 is 1.00 bits per heavy atom. The summed E-state index contributed by atoms with van der Waals surface area (Å²) in [5, 5.41) is 0. The molecule has 64 heavy (non-hydrogen) atoms. The third kappa shape index (κ3) is 49.9. The van der Waals surface area contributed by atoms with E-state index in [0.717, 1.165) is 109 Å². The van der Waals surface area contributed by atoms with E-state index in [0.29, 0.717) is 19.3 Å². The van der Waals surface area contributed by atoms with E-state index in [1.165, 1.54) is 109 Å². The second kappa shape index (κ2) is 52.5. The quantitative estimate of drug-likeness (QED) is 0.0262. The number of esters is 3.